The van der Waals surface area contributed by atoms with Crippen LogP contribution in [0.15, 0.2) is 180 Å². The molecule has 1 aliphatic carbocycles. The molecule has 1 heterocycles. The lowest BCUT2D eigenvalue weighted by atomic mass is 9.82. The standard InChI is InChI=1S/C49H35NO/c1-49(2)44-20-12-11-19-39(44)40-26-25-38(29-45(40)49)50(37-23-21-33(22-24-37)32-13-5-3-6-14-32)46-30-43-42-27-35-17-9-10-18-36(35)28-47(42)51-48(43)31-41(46)34-15-7-4-8-16-34/h3-31H,1-2H3. The van der Waals surface area contributed by atoms with Crippen molar-refractivity contribution >= 4 is 49.8 Å². The van der Waals surface area contributed by atoms with Crippen molar-refractivity contribution in [1.29, 1.82) is 0 Å². The average molecular weight is 654 g/mol. The Morgan fingerprint density at radius 2 is 0.980 bits per heavy atom. The van der Waals surface area contributed by atoms with Crippen LogP contribution in [0.2, 0.25) is 0 Å². The summed E-state index contributed by atoms with van der Waals surface area (Å²) >= 11 is 0. The molecular formula is C49H35NO. The molecule has 10 rings (SSSR count). The van der Waals surface area contributed by atoms with Crippen molar-refractivity contribution in [3.8, 4) is 33.4 Å². The van der Waals surface area contributed by atoms with E-state index in [1.807, 2.05) is 0 Å². The maximum atomic E-state index is 6.64. The molecule has 8 aromatic carbocycles. The van der Waals surface area contributed by atoms with Crippen LogP contribution in [-0.4, -0.2) is 0 Å². The smallest absolute Gasteiger partial charge is 0.136 e. The van der Waals surface area contributed by atoms with Gasteiger partial charge in [-0.25, -0.2) is 0 Å². The molecule has 0 bridgehead atoms. The molecule has 0 N–H and O–H groups in total. The van der Waals surface area contributed by atoms with E-state index in [-0.39, 0.29) is 5.41 Å². The zero-order valence-corrected chi connectivity index (χ0v) is 28.6. The molecule has 1 aliphatic rings. The first kappa shape index (κ1) is 29.5. The summed E-state index contributed by atoms with van der Waals surface area (Å²) in [5, 5.41) is 4.60. The highest BCUT2D eigenvalue weighted by molar-refractivity contribution is 6.13. The molecule has 0 spiro atoms. The zero-order valence-electron chi connectivity index (χ0n) is 28.6. The largest absolute Gasteiger partial charge is 0.456 e. The van der Waals surface area contributed by atoms with Gasteiger partial charge in [0.15, 0.2) is 0 Å². The second-order valence-electron chi connectivity index (χ2n) is 14.2. The lowest BCUT2D eigenvalue weighted by molar-refractivity contribution is 0.660. The van der Waals surface area contributed by atoms with Gasteiger partial charge >= 0.3 is 0 Å². The van der Waals surface area contributed by atoms with Gasteiger partial charge in [0, 0.05) is 33.1 Å². The summed E-state index contributed by atoms with van der Waals surface area (Å²) in [6.45, 7) is 4.70. The van der Waals surface area contributed by atoms with Crippen molar-refractivity contribution in [2.75, 3.05) is 4.90 Å². The molecule has 51 heavy (non-hydrogen) atoms. The number of hydrogen-bond donors (Lipinski definition) is 0. The first-order valence-electron chi connectivity index (χ1n) is 17.7. The number of nitrogens with zero attached hydrogens (tertiary/aromatic N) is 1. The number of hydrogen-bond acceptors (Lipinski definition) is 2. The summed E-state index contributed by atoms with van der Waals surface area (Å²) < 4.78 is 6.64. The highest BCUT2D eigenvalue weighted by Gasteiger charge is 2.36. The highest BCUT2D eigenvalue weighted by Crippen LogP contribution is 2.52. The van der Waals surface area contributed by atoms with Crippen molar-refractivity contribution in [1.82, 2.24) is 0 Å². The Balaban J connectivity index is 1.25. The van der Waals surface area contributed by atoms with Crippen LogP contribution in [0, 0.1) is 0 Å². The molecule has 9 aromatic rings. The van der Waals surface area contributed by atoms with Crippen LogP contribution in [-0.2, 0) is 5.41 Å². The van der Waals surface area contributed by atoms with Crippen molar-refractivity contribution in [3.63, 3.8) is 0 Å². The quantitative estimate of drug-likeness (QED) is 0.184. The third-order valence-electron chi connectivity index (χ3n) is 10.8. The molecule has 0 radical (unpaired) electrons. The normalized spacial score (nSPS) is 13.1. The SMILES string of the molecule is CC1(C)c2ccccc2-c2ccc(N(c3ccc(-c4ccccc4)cc3)c3cc4c(cc3-c3ccccc3)oc3cc5ccccc5cc34)cc21. The van der Waals surface area contributed by atoms with Crippen LogP contribution in [0.3, 0.4) is 0 Å². The molecule has 0 fully saturated rings. The average Bonchev–Trinajstić information content (AvgIpc) is 3.64. The Morgan fingerprint density at radius 3 is 1.75 bits per heavy atom. The third kappa shape index (κ3) is 4.71. The Morgan fingerprint density at radius 1 is 0.412 bits per heavy atom. The monoisotopic (exact) mass is 653 g/mol. The minimum Gasteiger partial charge on any atom is -0.456 e. The van der Waals surface area contributed by atoms with E-state index in [1.165, 1.54) is 44.2 Å². The Bertz CT molecular complexity index is 2760. The van der Waals surface area contributed by atoms with E-state index < -0.39 is 0 Å². The van der Waals surface area contributed by atoms with Crippen molar-refractivity contribution in [2.24, 2.45) is 0 Å². The fraction of sp³-hybridized carbons (Fsp3) is 0.0612. The van der Waals surface area contributed by atoms with Gasteiger partial charge in [-0.15, -0.1) is 0 Å². The van der Waals surface area contributed by atoms with Gasteiger partial charge in [0.25, 0.3) is 0 Å². The zero-order chi connectivity index (χ0) is 34.1. The lowest BCUT2D eigenvalue weighted by Crippen LogP contribution is -2.17. The van der Waals surface area contributed by atoms with Crippen LogP contribution in [0.5, 0.6) is 0 Å². The molecule has 242 valence electrons. The number of benzene rings is 8. The molecule has 0 saturated carbocycles. The summed E-state index contributed by atoms with van der Waals surface area (Å²) in [5.41, 5.74) is 15.0. The third-order valence-corrected chi connectivity index (χ3v) is 10.8. The van der Waals surface area contributed by atoms with Gasteiger partial charge in [-0.2, -0.15) is 0 Å². The molecule has 0 unspecified atom stereocenters. The summed E-state index contributed by atoms with van der Waals surface area (Å²) in [5.74, 6) is 0. The van der Waals surface area contributed by atoms with Gasteiger partial charge in [-0.1, -0.05) is 141 Å². The number of fused-ring (bicyclic) bond motifs is 7. The summed E-state index contributed by atoms with van der Waals surface area (Å²) in [7, 11) is 0. The minimum atomic E-state index is -0.126. The van der Waals surface area contributed by atoms with Crippen molar-refractivity contribution in [2.45, 2.75) is 19.3 Å². The van der Waals surface area contributed by atoms with E-state index >= 15 is 0 Å². The fourth-order valence-electron chi connectivity index (χ4n) is 8.22. The summed E-state index contributed by atoms with van der Waals surface area (Å²) in [4.78, 5) is 2.44. The van der Waals surface area contributed by atoms with Gasteiger partial charge in [0.1, 0.15) is 11.2 Å². The van der Waals surface area contributed by atoms with Crippen LogP contribution in [0.4, 0.5) is 17.1 Å². The maximum Gasteiger partial charge on any atom is 0.136 e. The first-order valence-corrected chi connectivity index (χ1v) is 17.7. The second kappa shape index (κ2) is 11.3. The van der Waals surface area contributed by atoms with E-state index in [1.54, 1.807) is 0 Å². The van der Waals surface area contributed by atoms with Crippen LogP contribution in [0.25, 0.3) is 66.1 Å². The van der Waals surface area contributed by atoms with Crippen molar-refractivity contribution in [3.05, 3.63) is 187 Å². The highest BCUT2D eigenvalue weighted by atomic mass is 16.3. The van der Waals surface area contributed by atoms with E-state index in [4.69, 9.17) is 4.42 Å². The minimum absolute atomic E-state index is 0.126. The molecule has 0 aliphatic heterocycles. The van der Waals surface area contributed by atoms with Crippen LogP contribution >= 0.6 is 0 Å². The second-order valence-corrected chi connectivity index (χ2v) is 14.2. The van der Waals surface area contributed by atoms with Gasteiger partial charge in [0.2, 0.25) is 0 Å². The Labute approximate surface area is 297 Å². The van der Waals surface area contributed by atoms with Gasteiger partial charge in [0.05, 0.1) is 5.69 Å². The predicted octanol–water partition coefficient (Wildman–Crippen LogP) is 13.8. The molecule has 2 heteroatoms. The number of furan rings is 1. The molecule has 1 aromatic heterocycles. The van der Waals surface area contributed by atoms with E-state index in [0.717, 1.165) is 50.1 Å². The molecule has 0 amide bonds. The fourth-order valence-corrected chi connectivity index (χ4v) is 8.22. The maximum absolute atomic E-state index is 6.64. The molecular weight excluding hydrogens is 619 g/mol. The number of rotatable bonds is 5. The van der Waals surface area contributed by atoms with E-state index in [9.17, 15) is 0 Å². The Kier molecular flexibility index (Phi) is 6.56. The first-order chi connectivity index (χ1) is 25.0. The summed E-state index contributed by atoms with van der Waals surface area (Å²) in [6.07, 6.45) is 0. The summed E-state index contributed by atoms with van der Waals surface area (Å²) in [6, 6.07) is 63.7. The van der Waals surface area contributed by atoms with E-state index in [2.05, 4.69) is 195 Å². The van der Waals surface area contributed by atoms with E-state index in [0.29, 0.717) is 0 Å². The molecule has 0 saturated heterocycles. The van der Waals surface area contributed by atoms with Gasteiger partial charge in [-0.05, 0) is 98.2 Å². The van der Waals surface area contributed by atoms with Gasteiger partial charge < -0.3 is 9.32 Å². The number of anilines is 3. The lowest BCUT2D eigenvalue weighted by Gasteiger charge is -2.30. The predicted molar refractivity (Wildman–Crippen MR) is 214 cm³/mol. The van der Waals surface area contributed by atoms with Gasteiger partial charge in [-0.3, -0.25) is 0 Å². The van der Waals surface area contributed by atoms with Crippen molar-refractivity contribution < 1.29 is 4.42 Å². The molecule has 0 atom stereocenters. The van der Waals surface area contributed by atoms with Crippen LogP contribution < -0.4 is 4.90 Å². The Hall–Kier alpha value is -6.38. The van der Waals surface area contributed by atoms with Crippen LogP contribution in [0.1, 0.15) is 25.0 Å². The topological polar surface area (TPSA) is 16.4 Å². The molecule has 2 nitrogen and oxygen atoms in total.